The number of benzene rings is 1. The second-order valence-corrected chi connectivity index (χ2v) is 6.13. The summed E-state index contributed by atoms with van der Waals surface area (Å²) in [5.74, 6) is 5.48. The highest BCUT2D eigenvalue weighted by Gasteiger charge is 2.30. The average Bonchev–Trinajstić information content (AvgIpc) is 2.52. The van der Waals surface area contributed by atoms with Crippen molar-refractivity contribution in [2.75, 3.05) is 17.2 Å². The van der Waals surface area contributed by atoms with E-state index in [-0.39, 0.29) is 5.56 Å². The summed E-state index contributed by atoms with van der Waals surface area (Å²) in [4.78, 5) is 24.1. The molecule has 0 aliphatic rings. The molecule has 0 saturated carbocycles. The summed E-state index contributed by atoms with van der Waals surface area (Å²) >= 11 is 1.65. The minimum absolute atomic E-state index is 0.165. The predicted molar refractivity (Wildman–Crippen MR) is 87.8 cm³/mol. The molecule has 0 aromatic heterocycles. The Morgan fingerprint density at radius 3 is 2.68 bits per heavy atom. The summed E-state index contributed by atoms with van der Waals surface area (Å²) in [6.07, 6.45) is -1.07. The molecule has 22 heavy (non-hydrogen) atoms. The SMILES string of the molecule is CCSCC[C@@H](N)C(O)C(=O)N(N)C(=O)c1cccc(N)c1. The van der Waals surface area contributed by atoms with E-state index in [0.717, 1.165) is 11.5 Å². The number of hydrazine groups is 1. The molecule has 0 aliphatic heterocycles. The first-order valence-corrected chi connectivity index (χ1v) is 8.03. The lowest BCUT2D eigenvalue weighted by atomic mass is 10.1. The van der Waals surface area contributed by atoms with E-state index >= 15 is 0 Å². The fourth-order valence-corrected chi connectivity index (χ4v) is 2.49. The summed E-state index contributed by atoms with van der Waals surface area (Å²) in [6.45, 7) is 2.00. The van der Waals surface area contributed by atoms with Crippen molar-refractivity contribution in [3.63, 3.8) is 0 Å². The first-order chi connectivity index (χ1) is 10.4. The molecule has 0 fully saturated rings. The molecule has 7 N–H and O–H groups in total. The number of carbonyl (C=O) groups excluding carboxylic acids is 2. The number of amides is 2. The van der Waals surface area contributed by atoms with Gasteiger partial charge in [0.2, 0.25) is 0 Å². The van der Waals surface area contributed by atoms with Gasteiger partial charge in [0.15, 0.2) is 0 Å². The fraction of sp³-hybridized carbons (Fsp3) is 0.429. The molecule has 0 saturated heterocycles. The molecule has 7 nitrogen and oxygen atoms in total. The van der Waals surface area contributed by atoms with E-state index < -0.39 is 24.0 Å². The van der Waals surface area contributed by atoms with Gasteiger partial charge in [0.1, 0.15) is 6.10 Å². The lowest BCUT2D eigenvalue weighted by Crippen LogP contribution is -2.53. The minimum Gasteiger partial charge on any atom is -0.399 e. The van der Waals surface area contributed by atoms with Crippen LogP contribution in [0.4, 0.5) is 5.69 Å². The maximum atomic E-state index is 12.1. The number of hydrogen-bond acceptors (Lipinski definition) is 7. The molecule has 0 spiro atoms. The van der Waals surface area contributed by atoms with Gasteiger partial charge in [-0.1, -0.05) is 13.0 Å². The van der Waals surface area contributed by atoms with E-state index in [0.29, 0.717) is 17.1 Å². The molecule has 1 unspecified atom stereocenters. The number of imide groups is 1. The molecule has 2 atom stereocenters. The molecular weight excluding hydrogens is 304 g/mol. The van der Waals surface area contributed by atoms with Crippen molar-refractivity contribution >= 4 is 29.3 Å². The van der Waals surface area contributed by atoms with Crippen LogP contribution in [0.25, 0.3) is 0 Å². The van der Waals surface area contributed by atoms with Crippen LogP contribution in [0, 0.1) is 0 Å². The zero-order valence-corrected chi connectivity index (χ0v) is 13.3. The highest BCUT2D eigenvalue weighted by Crippen LogP contribution is 2.11. The largest absolute Gasteiger partial charge is 0.399 e. The first kappa shape index (κ1) is 18.4. The van der Waals surface area contributed by atoms with Gasteiger partial charge in [-0.05, 0) is 36.1 Å². The fourth-order valence-electron chi connectivity index (χ4n) is 1.76. The summed E-state index contributed by atoms with van der Waals surface area (Å²) in [5.41, 5.74) is 11.9. The van der Waals surface area contributed by atoms with Gasteiger partial charge in [0.05, 0.1) is 0 Å². The third-order valence-corrected chi connectivity index (χ3v) is 3.98. The molecule has 122 valence electrons. The van der Waals surface area contributed by atoms with Crippen molar-refractivity contribution in [3.8, 4) is 0 Å². The Kier molecular flexibility index (Phi) is 7.33. The lowest BCUT2D eigenvalue weighted by molar-refractivity contribution is -0.138. The normalized spacial score (nSPS) is 13.5. The van der Waals surface area contributed by atoms with Crippen LogP contribution in [0.3, 0.4) is 0 Å². The van der Waals surface area contributed by atoms with Gasteiger partial charge in [-0.15, -0.1) is 0 Å². The molecule has 2 amide bonds. The van der Waals surface area contributed by atoms with Crippen LogP contribution in [0.5, 0.6) is 0 Å². The first-order valence-electron chi connectivity index (χ1n) is 6.88. The van der Waals surface area contributed by atoms with Gasteiger partial charge in [-0.2, -0.15) is 11.8 Å². The summed E-state index contributed by atoms with van der Waals surface area (Å²) in [5, 5.41) is 10.3. The van der Waals surface area contributed by atoms with Gasteiger partial charge >= 0.3 is 0 Å². The van der Waals surface area contributed by atoms with Crippen molar-refractivity contribution in [3.05, 3.63) is 29.8 Å². The van der Waals surface area contributed by atoms with Crippen LogP contribution in [-0.2, 0) is 4.79 Å². The standard InChI is InChI=1S/C14H22N4O3S/c1-2-22-7-6-11(16)12(19)14(21)18(17)13(20)9-4-3-5-10(15)8-9/h3-5,8,11-12,19H,2,6-7,15-17H2,1H3/t11-,12?/m1/s1. The van der Waals surface area contributed by atoms with Crippen LogP contribution in [0.2, 0.25) is 0 Å². The van der Waals surface area contributed by atoms with Crippen LogP contribution >= 0.6 is 11.8 Å². The summed E-state index contributed by atoms with van der Waals surface area (Å²) in [7, 11) is 0. The predicted octanol–water partition coefficient (Wildman–Crippen LogP) is -0.0573. The second kappa shape index (κ2) is 8.74. The molecule has 0 radical (unpaired) electrons. The van der Waals surface area contributed by atoms with Gasteiger partial charge < -0.3 is 16.6 Å². The molecule has 1 rings (SSSR count). The Bertz CT molecular complexity index is 527. The number of rotatable bonds is 7. The number of aliphatic hydroxyl groups is 1. The zero-order chi connectivity index (χ0) is 16.7. The Balaban J connectivity index is 2.69. The van der Waals surface area contributed by atoms with Crippen LogP contribution < -0.4 is 17.3 Å². The molecular formula is C14H22N4O3S. The molecule has 1 aromatic carbocycles. The van der Waals surface area contributed by atoms with Crippen molar-refractivity contribution < 1.29 is 14.7 Å². The lowest BCUT2D eigenvalue weighted by Gasteiger charge is -2.22. The van der Waals surface area contributed by atoms with E-state index in [9.17, 15) is 14.7 Å². The summed E-state index contributed by atoms with van der Waals surface area (Å²) in [6, 6.07) is 5.29. The number of nitrogens with zero attached hydrogens (tertiary/aromatic N) is 1. The minimum atomic E-state index is -1.52. The highest BCUT2D eigenvalue weighted by atomic mass is 32.2. The van der Waals surface area contributed by atoms with E-state index in [2.05, 4.69) is 0 Å². The van der Waals surface area contributed by atoms with Crippen LogP contribution in [0.15, 0.2) is 24.3 Å². The van der Waals surface area contributed by atoms with E-state index in [1.54, 1.807) is 23.9 Å². The Morgan fingerprint density at radius 2 is 2.09 bits per heavy atom. The van der Waals surface area contributed by atoms with Gasteiger partial charge in [0, 0.05) is 17.3 Å². The van der Waals surface area contributed by atoms with Crippen molar-refractivity contribution in [1.82, 2.24) is 5.01 Å². The quantitative estimate of drug-likeness (QED) is 0.181. The molecule has 0 heterocycles. The third-order valence-electron chi connectivity index (χ3n) is 3.05. The average molecular weight is 326 g/mol. The van der Waals surface area contributed by atoms with E-state index in [4.69, 9.17) is 17.3 Å². The summed E-state index contributed by atoms with van der Waals surface area (Å²) < 4.78 is 0. The van der Waals surface area contributed by atoms with Crippen LogP contribution in [-0.4, -0.2) is 45.6 Å². The number of thioether (sulfide) groups is 1. The Labute approximate surface area is 133 Å². The maximum absolute atomic E-state index is 12.1. The molecule has 0 bridgehead atoms. The number of aliphatic hydroxyl groups excluding tert-OH is 1. The van der Waals surface area contributed by atoms with Crippen LogP contribution in [0.1, 0.15) is 23.7 Å². The Morgan fingerprint density at radius 1 is 1.41 bits per heavy atom. The van der Waals surface area contributed by atoms with Gasteiger partial charge in [-0.3, -0.25) is 9.59 Å². The number of nitrogen functional groups attached to an aromatic ring is 1. The Hall–Kier alpha value is -1.61. The smallest absolute Gasteiger partial charge is 0.275 e. The monoisotopic (exact) mass is 326 g/mol. The number of carbonyl (C=O) groups is 2. The van der Waals surface area contributed by atoms with Gasteiger partial charge in [-0.25, -0.2) is 10.9 Å². The number of hydrogen-bond donors (Lipinski definition) is 4. The zero-order valence-electron chi connectivity index (χ0n) is 12.4. The van der Waals surface area contributed by atoms with Crippen molar-refractivity contribution in [2.45, 2.75) is 25.5 Å². The molecule has 0 aliphatic carbocycles. The maximum Gasteiger partial charge on any atom is 0.275 e. The van der Waals surface area contributed by atoms with Crippen molar-refractivity contribution in [2.24, 2.45) is 11.6 Å². The highest BCUT2D eigenvalue weighted by molar-refractivity contribution is 7.99. The van der Waals surface area contributed by atoms with Crippen molar-refractivity contribution in [1.29, 1.82) is 0 Å². The number of nitrogens with two attached hydrogens (primary N) is 3. The van der Waals surface area contributed by atoms with E-state index in [1.165, 1.54) is 12.1 Å². The number of anilines is 1. The second-order valence-electron chi connectivity index (χ2n) is 4.73. The topological polar surface area (TPSA) is 136 Å². The van der Waals surface area contributed by atoms with Gasteiger partial charge in [0.25, 0.3) is 11.8 Å². The van der Waals surface area contributed by atoms with E-state index in [1.807, 2.05) is 6.92 Å². The molecule has 1 aromatic rings. The molecule has 8 heteroatoms. The third kappa shape index (κ3) is 4.99.